The molecule has 0 saturated carbocycles. The van der Waals surface area contributed by atoms with Gasteiger partial charge < -0.3 is 9.67 Å². The first-order valence-corrected chi connectivity index (χ1v) is 6.37. The molecule has 2 heterocycles. The Labute approximate surface area is 109 Å². The maximum atomic E-state index is 12.3. The van der Waals surface area contributed by atoms with Crippen molar-refractivity contribution in [3.8, 4) is 0 Å². The van der Waals surface area contributed by atoms with Gasteiger partial charge in [0, 0.05) is 18.0 Å². The molecule has 2 aromatic rings. The van der Waals surface area contributed by atoms with E-state index in [-0.39, 0.29) is 12.1 Å². The number of rotatable bonds is 2. The largest absolute Gasteiger partial charge is 0.480 e. The molecule has 1 unspecified atom stereocenters. The van der Waals surface area contributed by atoms with Gasteiger partial charge in [-0.25, -0.2) is 4.52 Å². The predicted molar refractivity (Wildman–Crippen MR) is 68.3 cm³/mol. The molecule has 1 atom stereocenters. The Hall–Kier alpha value is -2.11. The van der Waals surface area contributed by atoms with Crippen LogP contribution in [0.2, 0.25) is 0 Å². The zero-order chi connectivity index (χ0) is 13.6. The fourth-order valence-electron chi connectivity index (χ4n) is 2.72. The molecule has 0 spiro atoms. The molecule has 1 N–H and O–H groups in total. The molecule has 1 aliphatic rings. The Morgan fingerprint density at radius 1 is 1.53 bits per heavy atom. The molecule has 0 fully saturated rings. The van der Waals surface area contributed by atoms with Crippen LogP contribution in [0.4, 0.5) is 0 Å². The average molecular weight is 261 g/mol. The quantitative estimate of drug-likeness (QED) is 0.863. The molecule has 6 heteroatoms. The molecular weight excluding hydrogens is 246 g/mol. The normalized spacial score (nSPS) is 18.5. The van der Waals surface area contributed by atoms with E-state index >= 15 is 0 Å². The minimum absolute atomic E-state index is 0.271. The van der Waals surface area contributed by atoms with Gasteiger partial charge in [-0.05, 0) is 25.2 Å². The van der Waals surface area contributed by atoms with Crippen molar-refractivity contribution in [3.63, 3.8) is 0 Å². The lowest BCUT2D eigenvalue weighted by atomic mass is 9.88. The van der Waals surface area contributed by atoms with Crippen molar-refractivity contribution in [2.24, 2.45) is 5.92 Å². The van der Waals surface area contributed by atoms with Gasteiger partial charge in [0.15, 0.2) is 0 Å². The summed E-state index contributed by atoms with van der Waals surface area (Å²) in [5.41, 5.74) is 2.23. The minimum Gasteiger partial charge on any atom is -0.480 e. The van der Waals surface area contributed by atoms with Gasteiger partial charge in [-0.2, -0.15) is 5.10 Å². The molecule has 19 heavy (non-hydrogen) atoms. The summed E-state index contributed by atoms with van der Waals surface area (Å²) < 4.78 is 2.81. The van der Waals surface area contributed by atoms with Crippen LogP contribution in [-0.2, 0) is 24.2 Å². The molecule has 1 aliphatic carbocycles. The van der Waals surface area contributed by atoms with E-state index in [0.717, 1.165) is 30.5 Å². The zero-order valence-corrected chi connectivity index (χ0v) is 10.7. The zero-order valence-electron chi connectivity index (χ0n) is 10.7. The van der Waals surface area contributed by atoms with Gasteiger partial charge in [0.25, 0.3) is 5.56 Å². The van der Waals surface area contributed by atoms with E-state index in [1.807, 2.05) is 0 Å². The van der Waals surface area contributed by atoms with Crippen molar-refractivity contribution < 1.29 is 9.90 Å². The van der Waals surface area contributed by atoms with Crippen molar-refractivity contribution in [1.82, 2.24) is 14.2 Å². The van der Waals surface area contributed by atoms with Gasteiger partial charge >= 0.3 is 5.97 Å². The van der Waals surface area contributed by atoms with E-state index < -0.39 is 5.97 Å². The van der Waals surface area contributed by atoms with E-state index in [9.17, 15) is 9.59 Å². The summed E-state index contributed by atoms with van der Waals surface area (Å²) in [6.07, 6.45) is 5.94. The maximum absolute atomic E-state index is 12.3. The molecule has 6 nitrogen and oxygen atoms in total. The Morgan fingerprint density at radius 3 is 3.05 bits per heavy atom. The topological polar surface area (TPSA) is 76.6 Å². The van der Waals surface area contributed by atoms with Crippen LogP contribution >= 0.6 is 0 Å². The monoisotopic (exact) mass is 261 g/mol. The number of hydrogen-bond donors (Lipinski definition) is 1. The van der Waals surface area contributed by atoms with E-state index in [2.05, 4.69) is 12.0 Å². The van der Waals surface area contributed by atoms with Crippen molar-refractivity contribution in [3.05, 3.63) is 34.0 Å². The van der Waals surface area contributed by atoms with Crippen LogP contribution in [-0.4, -0.2) is 25.3 Å². The Morgan fingerprint density at radius 2 is 2.32 bits per heavy atom. The van der Waals surface area contributed by atoms with Crippen LogP contribution in [0.15, 0.2) is 17.2 Å². The first kappa shape index (κ1) is 12.0. The van der Waals surface area contributed by atoms with Crippen LogP contribution in [0.5, 0.6) is 0 Å². The second kappa shape index (κ2) is 4.22. The Kier molecular flexibility index (Phi) is 2.66. The van der Waals surface area contributed by atoms with Crippen LogP contribution in [0, 0.1) is 5.92 Å². The molecule has 0 saturated heterocycles. The predicted octanol–water partition coefficient (Wildman–Crippen LogP) is 0.705. The number of aliphatic carboxylic acids is 1. The molecular formula is C13H15N3O3. The van der Waals surface area contributed by atoms with Gasteiger partial charge in [0.2, 0.25) is 0 Å². The lowest BCUT2D eigenvalue weighted by Crippen LogP contribution is -2.25. The molecule has 0 bridgehead atoms. The van der Waals surface area contributed by atoms with E-state index in [1.54, 1.807) is 10.7 Å². The third-order valence-electron chi connectivity index (χ3n) is 3.68. The van der Waals surface area contributed by atoms with E-state index in [1.165, 1.54) is 10.8 Å². The number of aryl methyl sites for hydroxylation is 1. The number of nitrogens with zero attached hydrogens (tertiary/aromatic N) is 3. The van der Waals surface area contributed by atoms with Crippen molar-refractivity contribution in [2.45, 2.75) is 32.7 Å². The molecule has 0 aromatic carbocycles. The number of aromatic nitrogens is 3. The highest BCUT2D eigenvalue weighted by Gasteiger charge is 2.23. The van der Waals surface area contributed by atoms with Gasteiger partial charge in [-0.3, -0.25) is 9.59 Å². The SMILES string of the molecule is CC1CCc2nn3ccn(CC(=O)O)c(=O)c3c2C1. The smallest absolute Gasteiger partial charge is 0.323 e. The van der Waals surface area contributed by atoms with Crippen LogP contribution < -0.4 is 5.56 Å². The third-order valence-corrected chi connectivity index (χ3v) is 3.68. The number of carboxylic acids is 1. The van der Waals surface area contributed by atoms with E-state index in [0.29, 0.717) is 11.4 Å². The minimum atomic E-state index is -1.02. The second-order valence-corrected chi connectivity index (χ2v) is 5.19. The van der Waals surface area contributed by atoms with E-state index in [4.69, 9.17) is 5.11 Å². The summed E-state index contributed by atoms with van der Waals surface area (Å²) in [5, 5.41) is 13.2. The second-order valence-electron chi connectivity index (χ2n) is 5.19. The summed E-state index contributed by atoms with van der Waals surface area (Å²) >= 11 is 0. The van der Waals surface area contributed by atoms with Gasteiger partial charge in [-0.1, -0.05) is 6.92 Å². The standard InChI is InChI=1S/C13H15N3O3/c1-8-2-3-10-9(6-8)12-13(19)15(7-11(17)18)4-5-16(12)14-10/h4-5,8H,2-3,6-7H2,1H3,(H,17,18). The molecule has 0 amide bonds. The van der Waals surface area contributed by atoms with Gasteiger partial charge in [-0.15, -0.1) is 0 Å². The van der Waals surface area contributed by atoms with Crippen LogP contribution in [0.3, 0.4) is 0 Å². The summed E-state index contributed by atoms with van der Waals surface area (Å²) in [6.45, 7) is 1.84. The van der Waals surface area contributed by atoms with Crippen molar-refractivity contribution in [2.75, 3.05) is 0 Å². The first-order valence-electron chi connectivity index (χ1n) is 6.37. The molecule has 2 aromatic heterocycles. The molecule has 100 valence electrons. The third kappa shape index (κ3) is 1.93. The molecule has 0 aliphatic heterocycles. The van der Waals surface area contributed by atoms with Crippen LogP contribution in [0.25, 0.3) is 5.52 Å². The summed E-state index contributed by atoms with van der Waals surface area (Å²) in [6, 6.07) is 0. The summed E-state index contributed by atoms with van der Waals surface area (Å²) in [4.78, 5) is 23.1. The Balaban J connectivity index is 2.21. The van der Waals surface area contributed by atoms with Crippen LogP contribution in [0.1, 0.15) is 24.6 Å². The highest BCUT2D eigenvalue weighted by atomic mass is 16.4. The number of carbonyl (C=O) groups is 1. The lowest BCUT2D eigenvalue weighted by Gasteiger charge is -2.16. The van der Waals surface area contributed by atoms with Gasteiger partial charge in [0.05, 0.1) is 5.69 Å². The van der Waals surface area contributed by atoms with Crippen molar-refractivity contribution >= 4 is 11.5 Å². The lowest BCUT2D eigenvalue weighted by molar-refractivity contribution is -0.137. The molecule has 0 radical (unpaired) electrons. The maximum Gasteiger partial charge on any atom is 0.323 e. The highest BCUT2D eigenvalue weighted by Crippen LogP contribution is 2.26. The summed E-state index contributed by atoms with van der Waals surface area (Å²) in [5.74, 6) is -0.485. The number of fused-ring (bicyclic) bond motifs is 3. The molecule has 3 rings (SSSR count). The fraction of sp³-hybridized carbons (Fsp3) is 0.462. The fourth-order valence-corrected chi connectivity index (χ4v) is 2.72. The Bertz CT molecular complexity index is 714. The van der Waals surface area contributed by atoms with Gasteiger partial charge in [0.1, 0.15) is 12.1 Å². The highest BCUT2D eigenvalue weighted by molar-refractivity contribution is 5.67. The van der Waals surface area contributed by atoms with Crippen molar-refractivity contribution in [1.29, 1.82) is 0 Å². The first-order chi connectivity index (χ1) is 9.06. The average Bonchev–Trinajstić information content (AvgIpc) is 2.70. The summed E-state index contributed by atoms with van der Waals surface area (Å²) in [7, 11) is 0. The number of hydrogen-bond acceptors (Lipinski definition) is 3. The number of carboxylic acid groups (broad SMARTS) is 1.